The van der Waals surface area contributed by atoms with Gasteiger partial charge in [-0.05, 0) is 37.8 Å². The van der Waals surface area contributed by atoms with Crippen LogP contribution in [-0.4, -0.2) is 53.6 Å². The van der Waals surface area contributed by atoms with Crippen molar-refractivity contribution in [3.8, 4) is 5.75 Å². The smallest absolute Gasteiger partial charge is 0.191 e. The third-order valence-corrected chi connectivity index (χ3v) is 4.96. The average Bonchev–Trinajstić information content (AvgIpc) is 3.35. The zero-order valence-corrected chi connectivity index (χ0v) is 19.7. The molecule has 1 saturated heterocycles. The fourth-order valence-electron chi connectivity index (χ4n) is 3.15. The number of aryl methyl sites for hydroxylation is 1. The number of nitrogens with one attached hydrogen (secondary N) is 2. The fourth-order valence-corrected chi connectivity index (χ4v) is 3.15. The van der Waals surface area contributed by atoms with E-state index in [9.17, 15) is 0 Å². The first-order valence-corrected chi connectivity index (χ1v) is 9.78. The number of guanidine groups is 1. The lowest BCUT2D eigenvalue weighted by atomic mass is 10.1. The molecule has 1 atom stereocenters. The molecule has 0 radical (unpaired) electrons. The summed E-state index contributed by atoms with van der Waals surface area (Å²) in [4.78, 5) is 4.69. The number of hydrogen-bond donors (Lipinski definition) is 2. The largest absolute Gasteiger partial charge is 0.496 e. The molecule has 0 bridgehead atoms. The number of aromatic nitrogens is 3. The van der Waals surface area contributed by atoms with Gasteiger partial charge in [0.1, 0.15) is 18.1 Å². The Labute approximate surface area is 189 Å². The second-order valence-electron chi connectivity index (χ2n) is 6.89. The Kier molecular flexibility index (Phi) is 9.65. The maximum atomic E-state index is 5.70. The van der Waals surface area contributed by atoms with E-state index in [2.05, 4.69) is 31.9 Å². The van der Waals surface area contributed by atoms with Crippen molar-refractivity contribution in [3.63, 3.8) is 0 Å². The lowest BCUT2D eigenvalue weighted by Gasteiger charge is -2.16. The summed E-state index contributed by atoms with van der Waals surface area (Å²) in [5.74, 6) is 3.37. The van der Waals surface area contributed by atoms with E-state index in [1.807, 2.05) is 36.7 Å². The van der Waals surface area contributed by atoms with Crippen molar-refractivity contribution in [2.45, 2.75) is 38.8 Å². The normalized spacial score (nSPS) is 16.4. The van der Waals surface area contributed by atoms with Crippen molar-refractivity contribution in [1.82, 2.24) is 25.4 Å². The Morgan fingerprint density at radius 2 is 2.14 bits per heavy atom. The van der Waals surface area contributed by atoms with Crippen LogP contribution >= 0.6 is 24.0 Å². The van der Waals surface area contributed by atoms with Gasteiger partial charge >= 0.3 is 0 Å². The second-order valence-corrected chi connectivity index (χ2v) is 6.89. The average molecular weight is 514 g/mol. The van der Waals surface area contributed by atoms with Gasteiger partial charge in [0, 0.05) is 26.7 Å². The van der Waals surface area contributed by atoms with Crippen LogP contribution < -0.4 is 15.4 Å². The Hall–Kier alpha value is -1.88. The summed E-state index contributed by atoms with van der Waals surface area (Å²) in [6, 6.07) is 8.07. The highest BCUT2D eigenvalue weighted by Gasteiger charge is 2.16. The van der Waals surface area contributed by atoms with Crippen LogP contribution in [0.25, 0.3) is 0 Å². The van der Waals surface area contributed by atoms with Crippen LogP contribution in [0, 0.1) is 6.92 Å². The minimum atomic E-state index is 0. The summed E-state index contributed by atoms with van der Waals surface area (Å²) >= 11 is 0. The van der Waals surface area contributed by atoms with Gasteiger partial charge < -0.3 is 24.7 Å². The minimum absolute atomic E-state index is 0. The molecule has 1 fully saturated rings. The zero-order valence-electron chi connectivity index (χ0n) is 17.4. The quantitative estimate of drug-likeness (QED) is 0.319. The van der Waals surface area contributed by atoms with Crippen molar-refractivity contribution < 1.29 is 9.47 Å². The number of aliphatic imine (C=N–C) groups is 1. The van der Waals surface area contributed by atoms with E-state index in [1.165, 1.54) is 5.56 Å². The lowest BCUT2D eigenvalue weighted by molar-refractivity contribution is 0.114. The zero-order chi connectivity index (χ0) is 19.8. The molecular weight excluding hydrogens is 483 g/mol. The summed E-state index contributed by atoms with van der Waals surface area (Å²) in [7, 11) is 3.65. The monoisotopic (exact) mass is 514 g/mol. The molecular formula is C20H31IN6O2. The molecule has 160 valence electrons. The Morgan fingerprint density at radius 3 is 2.83 bits per heavy atom. The van der Waals surface area contributed by atoms with E-state index in [0.717, 1.165) is 62.3 Å². The van der Waals surface area contributed by atoms with Crippen molar-refractivity contribution >= 4 is 29.9 Å². The standard InChI is InChI=1S/C20H30N6O2.HI/c1-15-24-25-19(26(15)2)14-23-20(22-13-17-8-6-12-28-17)21-11-10-16-7-4-5-9-18(16)27-3;/h4-5,7,9,17H,6,8,10-14H2,1-3H3,(H2,21,22,23);1H. The first kappa shape index (κ1) is 23.4. The van der Waals surface area contributed by atoms with Gasteiger partial charge in [0.05, 0.1) is 13.2 Å². The topological polar surface area (TPSA) is 85.6 Å². The molecule has 1 aromatic heterocycles. The SMILES string of the molecule is COc1ccccc1CCNC(=NCc1nnc(C)n1C)NCC1CCCO1.I. The van der Waals surface area contributed by atoms with E-state index in [4.69, 9.17) is 9.47 Å². The van der Waals surface area contributed by atoms with Crippen molar-refractivity contribution in [2.24, 2.45) is 12.0 Å². The molecule has 9 heteroatoms. The van der Waals surface area contributed by atoms with Gasteiger partial charge in [0.25, 0.3) is 0 Å². The minimum Gasteiger partial charge on any atom is -0.496 e. The molecule has 0 aliphatic carbocycles. The number of rotatable bonds is 8. The van der Waals surface area contributed by atoms with E-state index in [-0.39, 0.29) is 30.1 Å². The highest BCUT2D eigenvalue weighted by molar-refractivity contribution is 14.0. The van der Waals surface area contributed by atoms with Crippen LogP contribution in [0.3, 0.4) is 0 Å². The Bertz CT molecular complexity index is 789. The molecule has 1 unspecified atom stereocenters. The molecule has 2 N–H and O–H groups in total. The van der Waals surface area contributed by atoms with E-state index < -0.39 is 0 Å². The molecule has 1 aromatic carbocycles. The van der Waals surface area contributed by atoms with Gasteiger partial charge in [-0.15, -0.1) is 34.2 Å². The van der Waals surface area contributed by atoms with Gasteiger partial charge in [0.2, 0.25) is 0 Å². The molecule has 0 amide bonds. The molecule has 0 spiro atoms. The fraction of sp³-hybridized carbons (Fsp3) is 0.550. The highest BCUT2D eigenvalue weighted by atomic mass is 127. The number of benzene rings is 1. The first-order chi connectivity index (χ1) is 13.7. The van der Waals surface area contributed by atoms with Gasteiger partial charge in [0.15, 0.2) is 11.8 Å². The number of methoxy groups -OCH3 is 1. The predicted octanol–water partition coefficient (Wildman–Crippen LogP) is 2.21. The number of para-hydroxylation sites is 1. The van der Waals surface area contributed by atoms with Crippen LogP contribution in [0.5, 0.6) is 5.75 Å². The molecule has 2 aromatic rings. The third kappa shape index (κ3) is 6.84. The number of nitrogens with zero attached hydrogens (tertiary/aromatic N) is 4. The summed E-state index contributed by atoms with van der Waals surface area (Å²) in [5, 5.41) is 15.1. The maximum absolute atomic E-state index is 5.70. The van der Waals surface area contributed by atoms with Gasteiger partial charge in [-0.3, -0.25) is 0 Å². The van der Waals surface area contributed by atoms with Gasteiger partial charge in [-0.25, -0.2) is 4.99 Å². The number of ether oxygens (including phenoxy) is 2. The summed E-state index contributed by atoms with van der Waals surface area (Å²) < 4.78 is 13.1. The highest BCUT2D eigenvalue weighted by Crippen LogP contribution is 2.17. The van der Waals surface area contributed by atoms with Crippen LogP contribution in [0.1, 0.15) is 30.1 Å². The molecule has 1 aliphatic heterocycles. The van der Waals surface area contributed by atoms with Crippen molar-refractivity contribution in [2.75, 3.05) is 26.8 Å². The first-order valence-electron chi connectivity index (χ1n) is 9.78. The van der Waals surface area contributed by atoms with Crippen molar-refractivity contribution in [3.05, 3.63) is 41.5 Å². The second kappa shape index (κ2) is 12.0. The van der Waals surface area contributed by atoms with Crippen molar-refractivity contribution in [1.29, 1.82) is 0 Å². The maximum Gasteiger partial charge on any atom is 0.191 e. The molecule has 0 saturated carbocycles. The Balaban J connectivity index is 0.00000300. The predicted molar refractivity (Wildman–Crippen MR) is 124 cm³/mol. The van der Waals surface area contributed by atoms with Crippen LogP contribution in [-0.2, 0) is 24.8 Å². The van der Waals surface area contributed by atoms with E-state index in [1.54, 1.807) is 7.11 Å². The summed E-state index contributed by atoms with van der Waals surface area (Å²) in [6.07, 6.45) is 3.30. The number of halogens is 1. The Morgan fingerprint density at radius 1 is 1.31 bits per heavy atom. The van der Waals surface area contributed by atoms with Gasteiger partial charge in [-0.1, -0.05) is 18.2 Å². The molecule has 29 heavy (non-hydrogen) atoms. The third-order valence-electron chi connectivity index (χ3n) is 4.96. The van der Waals surface area contributed by atoms with Crippen LogP contribution in [0.4, 0.5) is 0 Å². The lowest BCUT2D eigenvalue weighted by Crippen LogP contribution is -2.42. The molecule has 1 aliphatic rings. The molecule has 2 heterocycles. The summed E-state index contributed by atoms with van der Waals surface area (Å²) in [6.45, 7) is 4.74. The molecule has 3 rings (SSSR count). The van der Waals surface area contributed by atoms with Gasteiger partial charge in [-0.2, -0.15) is 0 Å². The van der Waals surface area contributed by atoms with Crippen LogP contribution in [0.2, 0.25) is 0 Å². The van der Waals surface area contributed by atoms with Crippen LogP contribution in [0.15, 0.2) is 29.3 Å². The van der Waals surface area contributed by atoms with E-state index >= 15 is 0 Å². The molecule has 8 nitrogen and oxygen atoms in total. The van der Waals surface area contributed by atoms with E-state index in [0.29, 0.717) is 6.54 Å². The number of hydrogen-bond acceptors (Lipinski definition) is 5. The summed E-state index contributed by atoms with van der Waals surface area (Å²) in [5.41, 5.74) is 1.17.